The summed E-state index contributed by atoms with van der Waals surface area (Å²) in [5.74, 6) is 0. The molecule has 1 fully saturated rings. The first-order valence-electron chi connectivity index (χ1n) is 4.82. The molecule has 0 aromatic heterocycles. The van der Waals surface area contributed by atoms with Crippen molar-refractivity contribution in [2.24, 2.45) is 0 Å². The van der Waals surface area contributed by atoms with Gasteiger partial charge in [0.2, 0.25) is 0 Å². The maximum atomic E-state index is 12.4. The molecule has 0 heterocycles. The van der Waals surface area contributed by atoms with Gasteiger partial charge in [-0.1, -0.05) is 0 Å². The lowest BCUT2D eigenvalue weighted by atomic mass is 10.0. The van der Waals surface area contributed by atoms with Gasteiger partial charge in [0.15, 0.2) is 0 Å². The van der Waals surface area contributed by atoms with E-state index in [-0.39, 0.29) is 5.56 Å². The van der Waals surface area contributed by atoms with Crippen LogP contribution in [-0.2, 0) is 11.8 Å². The predicted molar refractivity (Wildman–Crippen MR) is 51.2 cm³/mol. The van der Waals surface area contributed by atoms with Gasteiger partial charge in [-0.25, -0.2) is 0 Å². The van der Waals surface area contributed by atoms with Gasteiger partial charge in [0.05, 0.1) is 21.7 Å². The van der Waals surface area contributed by atoms with E-state index in [0.717, 1.165) is 12.1 Å². The molecule has 0 amide bonds. The van der Waals surface area contributed by atoms with Gasteiger partial charge in [-0.15, -0.1) is 0 Å². The van der Waals surface area contributed by atoms with Crippen molar-refractivity contribution in [1.29, 1.82) is 0 Å². The van der Waals surface area contributed by atoms with Gasteiger partial charge >= 0.3 is 6.18 Å². The minimum absolute atomic E-state index is 0.0458. The van der Waals surface area contributed by atoms with Gasteiger partial charge < -0.3 is 5.11 Å². The highest BCUT2D eigenvalue weighted by molar-refractivity contribution is 5.49. The van der Waals surface area contributed by atoms with Crippen LogP contribution >= 0.6 is 0 Å². The summed E-state index contributed by atoms with van der Waals surface area (Å²) >= 11 is 0. The first kappa shape index (κ1) is 11.8. The van der Waals surface area contributed by atoms with Crippen LogP contribution in [-0.4, -0.2) is 10.0 Å². The van der Waals surface area contributed by atoms with Gasteiger partial charge in [0.1, 0.15) is 0 Å². The Bertz CT molecular complexity index is 480. The Balaban J connectivity index is 2.53. The fourth-order valence-electron chi connectivity index (χ4n) is 1.64. The largest absolute Gasteiger partial charge is 0.416 e. The van der Waals surface area contributed by atoms with Crippen LogP contribution in [0.2, 0.25) is 0 Å². The first-order chi connectivity index (χ1) is 7.74. The summed E-state index contributed by atoms with van der Waals surface area (Å²) < 4.78 is 37.2. The SMILES string of the molecule is O=[N+]([O-])c1cc(C(F)(F)F)ccc1C1(O)CC1. The summed E-state index contributed by atoms with van der Waals surface area (Å²) in [5, 5.41) is 20.4. The Morgan fingerprint density at radius 3 is 2.35 bits per heavy atom. The maximum Gasteiger partial charge on any atom is 0.416 e. The number of alkyl halides is 3. The zero-order valence-corrected chi connectivity index (χ0v) is 8.49. The Hall–Kier alpha value is -1.63. The molecule has 0 spiro atoms. The predicted octanol–water partition coefficient (Wildman–Crippen LogP) is 2.60. The second-order valence-electron chi connectivity index (χ2n) is 4.02. The molecule has 1 aliphatic rings. The molecule has 17 heavy (non-hydrogen) atoms. The summed E-state index contributed by atoms with van der Waals surface area (Å²) in [6.07, 6.45) is -3.96. The number of nitro benzene ring substituents is 1. The van der Waals surface area contributed by atoms with E-state index in [1.165, 1.54) is 0 Å². The van der Waals surface area contributed by atoms with Gasteiger partial charge in [0.25, 0.3) is 5.69 Å². The van der Waals surface area contributed by atoms with Crippen LogP contribution in [0.25, 0.3) is 0 Å². The van der Waals surface area contributed by atoms with Crippen molar-refractivity contribution >= 4 is 5.69 Å². The molecule has 1 aromatic carbocycles. The lowest BCUT2D eigenvalue weighted by Gasteiger charge is -2.11. The fourth-order valence-corrected chi connectivity index (χ4v) is 1.64. The average molecular weight is 247 g/mol. The van der Waals surface area contributed by atoms with Crippen LogP contribution in [0.1, 0.15) is 24.0 Å². The van der Waals surface area contributed by atoms with Crippen LogP contribution in [0.5, 0.6) is 0 Å². The number of hydrogen-bond acceptors (Lipinski definition) is 3. The van der Waals surface area contributed by atoms with Gasteiger partial charge in [-0.2, -0.15) is 13.2 Å². The molecule has 1 saturated carbocycles. The zero-order chi connectivity index (χ0) is 12.8. The van der Waals surface area contributed by atoms with Crippen molar-refractivity contribution in [3.05, 3.63) is 39.4 Å². The third-order valence-corrected chi connectivity index (χ3v) is 2.75. The Morgan fingerprint density at radius 2 is 1.94 bits per heavy atom. The van der Waals surface area contributed by atoms with Crippen molar-refractivity contribution < 1.29 is 23.2 Å². The lowest BCUT2D eigenvalue weighted by Crippen LogP contribution is -2.11. The highest BCUT2D eigenvalue weighted by Crippen LogP contribution is 2.49. The lowest BCUT2D eigenvalue weighted by molar-refractivity contribution is -0.386. The molecule has 1 aromatic rings. The number of rotatable bonds is 2. The quantitative estimate of drug-likeness (QED) is 0.645. The molecule has 0 radical (unpaired) electrons. The van der Waals surface area contributed by atoms with Crippen LogP contribution in [0.4, 0.5) is 18.9 Å². The van der Waals surface area contributed by atoms with Crippen LogP contribution in [0, 0.1) is 10.1 Å². The highest BCUT2D eigenvalue weighted by Gasteiger charge is 2.47. The molecule has 1 N–H and O–H groups in total. The van der Waals surface area contributed by atoms with Gasteiger partial charge in [-0.05, 0) is 25.0 Å². The summed E-state index contributed by atoms with van der Waals surface area (Å²) in [5.41, 5.74) is -3.14. The summed E-state index contributed by atoms with van der Waals surface area (Å²) in [6.45, 7) is 0. The minimum atomic E-state index is -4.63. The molecular formula is C10H8F3NO3. The number of nitrogens with zero attached hydrogens (tertiary/aromatic N) is 1. The maximum absolute atomic E-state index is 12.4. The third kappa shape index (κ3) is 2.10. The topological polar surface area (TPSA) is 63.4 Å². The van der Waals surface area contributed by atoms with E-state index >= 15 is 0 Å². The van der Waals surface area contributed by atoms with Crippen molar-refractivity contribution in [3.8, 4) is 0 Å². The standard InChI is InChI=1S/C10H8F3NO3/c11-10(12,13)6-1-2-7(9(15)3-4-9)8(5-6)14(16)17/h1-2,5,15H,3-4H2. The molecule has 0 atom stereocenters. The molecule has 4 nitrogen and oxygen atoms in total. The summed E-state index contributed by atoms with van der Waals surface area (Å²) in [6, 6.07) is 2.19. The molecule has 0 bridgehead atoms. The van der Waals surface area contributed by atoms with Crippen LogP contribution in [0.3, 0.4) is 0 Å². The van der Waals surface area contributed by atoms with E-state index in [4.69, 9.17) is 0 Å². The van der Waals surface area contributed by atoms with Crippen LogP contribution in [0.15, 0.2) is 18.2 Å². The number of aliphatic hydroxyl groups is 1. The molecule has 0 saturated heterocycles. The smallest absolute Gasteiger partial charge is 0.385 e. The summed E-state index contributed by atoms with van der Waals surface area (Å²) in [7, 11) is 0. The third-order valence-electron chi connectivity index (χ3n) is 2.75. The second kappa shape index (κ2) is 3.43. The Kier molecular flexibility index (Phi) is 2.39. The highest BCUT2D eigenvalue weighted by atomic mass is 19.4. The van der Waals surface area contributed by atoms with E-state index in [9.17, 15) is 28.4 Å². The Labute approximate surface area is 93.8 Å². The second-order valence-corrected chi connectivity index (χ2v) is 4.02. The van der Waals surface area contributed by atoms with Crippen molar-refractivity contribution in [2.45, 2.75) is 24.6 Å². The number of nitro groups is 1. The van der Waals surface area contributed by atoms with Gasteiger partial charge in [-0.3, -0.25) is 10.1 Å². The molecular weight excluding hydrogens is 239 g/mol. The van der Waals surface area contributed by atoms with E-state index < -0.39 is 28.0 Å². The zero-order valence-electron chi connectivity index (χ0n) is 8.49. The van der Waals surface area contributed by atoms with Crippen molar-refractivity contribution in [1.82, 2.24) is 0 Å². The van der Waals surface area contributed by atoms with Crippen molar-refractivity contribution in [2.75, 3.05) is 0 Å². The number of halogens is 3. The molecule has 1 aliphatic carbocycles. The normalized spacial score (nSPS) is 17.9. The molecule has 92 valence electrons. The monoisotopic (exact) mass is 247 g/mol. The fraction of sp³-hybridized carbons (Fsp3) is 0.400. The first-order valence-corrected chi connectivity index (χ1v) is 4.82. The van der Waals surface area contributed by atoms with E-state index in [2.05, 4.69) is 0 Å². The van der Waals surface area contributed by atoms with Crippen molar-refractivity contribution in [3.63, 3.8) is 0 Å². The minimum Gasteiger partial charge on any atom is -0.385 e. The van der Waals surface area contributed by atoms with E-state index in [0.29, 0.717) is 18.9 Å². The molecule has 0 aliphatic heterocycles. The van der Waals surface area contributed by atoms with Crippen LogP contribution < -0.4 is 0 Å². The Morgan fingerprint density at radius 1 is 1.35 bits per heavy atom. The van der Waals surface area contributed by atoms with E-state index in [1.807, 2.05) is 0 Å². The van der Waals surface area contributed by atoms with E-state index in [1.54, 1.807) is 0 Å². The summed E-state index contributed by atoms with van der Waals surface area (Å²) in [4.78, 5) is 9.80. The molecule has 7 heteroatoms. The molecule has 2 rings (SSSR count). The average Bonchev–Trinajstić information content (AvgIpc) is 2.95. The van der Waals surface area contributed by atoms with Gasteiger partial charge in [0, 0.05) is 6.07 Å². The number of hydrogen-bond donors (Lipinski definition) is 1. The molecule has 0 unspecified atom stereocenters. The number of benzene rings is 1.